The van der Waals surface area contributed by atoms with Crippen LogP contribution in [0.4, 0.5) is 0 Å². The lowest BCUT2D eigenvalue weighted by atomic mass is 10.3. The Morgan fingerprint density at radius 1 is 1.29 bits per heavy atom. The molecule has 1 aromatic rings. The van der Waals surface area contributed by atoms with E-state index in [4.69, 9.17) is 15.2 Å². The Morgan fingerprint density at radius 3 is 2.29 bits per heavy atom. The van der Waals surface area contributed by atoms with Gasteiger partial charge < -0.3 is 15.2 Å². The summed E-state index contributed by atoms with van der Waals surface area (Å²) < 4.78 is 37.6. The molecule has 122 valence electrons. The molecule has 0 saturated heterocycles. The smallest absolute Gasteiger partial charge is 0.241 e. The SMILES string of the molecule is COc1cc(Br)c(S(=O)(=O)NCCC(C)N)cc1OC.Cl. The summed E-state index contributed by atoms with van der Waals surface area (Å²) in [7, 11) is -0.697. The fourth-order valence-electron chi connectivity index (χ4n) is 1.54. The van der Waals surface area contributed by atoms with Gasteiger partial charge >= 0.3 is 0 Å². The highest BCUT2D eigenvalue weighted by atomic mass is 79.9. The Hall–Kier alpha value is -0.540. The van der Waals surface area contributed by atoms with Crippen molar-refractivity contribution in [2.45, 2.75) is 24.3 Å². The van der Waals surface area contributed by atoms with Crippen LogP contribution < -0.4 is 19.9 Å². The van der Waals surface area contributed by atoms with E-state index in [9.17, 15) is 8.42 Å². The number of sulfonamides is 1. The molecule has 0 bridgehead atoms. The predicted molar refractivity (Wildman–Crippen MR) is 87.9 cm³/mol. The Kier molecular flexibility index (Phi) is 8.57. The summed E-state index contributed by atoms with van der Waals surface area (Å²) in [5.74, 6) is 0.803. The minimum atomic E-state index is -3.63. The van der Waals surface area contributed by atoms with E-state index in [1.54, 1.807) is 6.07 Å². The second kappa shape index (κ2) is 8.79. The molecule has 0 amide bonds. The first-order valence-electron chi connectivity index (χ1n) is 5.98. The molecule has 0 aliphatic heterocycles. The van der Waals surface area contributed by atoms with E-state index in [-0.39, 0.29) is 29.9 Å². The minimum absolute atomic E-state index is 0. The van der Waals surface area contributed by atoms with Crippen LogP contribution in [-0.4, -0.2) is 35.2 Å². The molecule has 0 radical (unpaired) electrons. The van der Waals surface area contributed by atoms with E-state index in [1.807, 2.05) is 6.92 Å². The van der Waals surface area contributed by atoms with Gasteiger partial charge in [0, 0.05) is 23.1 Å². The number of nitrogens with two attached hydrogens (primary N) is 1. The second-order valence-corrected chi connectivity index (χ2v) is 6.89. The van der Waals surface area contributed by atoms with E-state index < -0.39 is 10.0 Å². The van der Waals surface area contributed by atoms with Gasteiger partial charge in [0.05, 0.1) is 14.2 Å². The number of rotatable bonds is 7. The molecule has 1 aromatic carbocycles. The number of benzene rings is 1. The van der Waals surface area contributed by atoms with Gasteiger partial charge in [-0.2, -0.15) is 0 Å². The molecule has 1 unspecified atom stereocenters. The van der Waals surface area contributed by atoms with Crippen LogP contribution in [0, 0.1) is 0 Å². The maximum atomic E-state index is 12.2. The van der Waals surface area contributed by atoms with Crippen LogP contribution in [-0.2, 0) is 10.0 Å². The highest BCUT2D eigenvalue weighted by Gasteiger charge is 2.20. The van der Waals surface area contributed by atoms with E-state index in [0.29, 0.717) is 22.4 Å². The van der Waals surface area contributed by atoms with Crippen LogP contribution in [0.5, 0.6) is 11.5 Å². The molecule has 3 N–H and O–H groups in total. The van der Waals surface area contributed by atoms with Crippen LogP contribution in [0.1, 0.15) is 13.3 Å². The van der Waals surface area contributed by atoms with Crippen LogP contribution in [0.3, 0.4) is 0 Å². The van der Waals surface area contributed by atoms with Crippen molar-refractivity contribution in [2.75, 3.05) is 20.8 Å². The molecule has 0 aliphatic rings. The van der Waals surface area contributed by atoms with Gasteiger partial charge in [0.1, 0.15) is 4.90 Å². The lowest BCUT2D eigenvalue weighted by Gasteiger charge is -2.13. The highest BCUT2D eigenvalue weighted by Crippen LogP contribution is 2.35. The van der Waals surface area contributed by atoms with Crippen LogP contribution in [0.2, 0.25) is 0 Å². The number of methoxy groups -OCH3 is 2. The molecule has 9 heteroatoms. The van der Waals surface area contributed by atoms with Crippen LogP contribution >= 0.6 is 28.3 Å². The third-order valence-electron chi connectivity index (χ3n) is 2.62. The largest absolute Gasteiger partial charge is 0.493 e. The summed E-state index contributed by atoms with van der Waals surface area (Å²) in [4.78, 5) is 0.0971. The van der Waals surface area contributed by atoms with Crippen molar-refractivity contribution >= 4 is 38.4 Å². The zero-order valence-corrected chi connectivity index (χ0v) is 15.3. The lowest BCUT2D eigenvalue weighted by Crippen LogP contribution is -2.29. The van der Waals surface area contributed by atoms with E-state index in [1.165, 1.54) is 20.3 Å². The van der Waals surface area contributed by atoms with Crippen molar-refractivity contribution in [1.82, 2.24) is 4.72 Å². The summed E-state index contributed by atoms with van der Waals surface area (Å²) in [6.45, 7) is 2.10. The normalized spacial score (nSPS) is 12.4. The van der Waals surface area contributed by atoms with Crippen molar-refractivity contribution in [3.63, 3.8) is 0 Å². The van der Waals surface area contributed by atoms with Gasteiger partial charge in [-0.15, -0.1) is 12.4 Å². The monoisotopic (exact) mass is 402 g/mol. The molecule has 1 rings (SSSR count). The molecular formula is C12H20BrClN2O4S. The van der Waals surface area contributed by atoms with Crippen molar-refractivity contribution in [2.24, 2.45) is 5.73 Å². The zero-order chi connectivity index (χ0) is 15.3. The van der Waals surface area contributed by atoms with Gasteiger partial charge in [-0.3, -0.25) is 0 Å². The van der Waals surface area contributed by atoms with Gasteiger partial charge in [0.25, 0.3) is 0 Å². The molecule has 0 aromatic heterocycles. The Bertz CT molecular complexity index is 567. The number of nitrogens with one attached hydrogen (secondary N) is 1. The van der Waals surface area contributed by atoms with E-state index in [0.717, 1.165) is 0 Å². The first kappa shape index (κ1) is 20.5. The van der Waals surface area contributed by atoms with Crippen molar-refractivity contribution in [1.29, 1.82) is 0 Å². The third-order valence-corrected chi connectivity index (χ3v) is 5.04. The number of hydrogen-bond donors (Lipinski definition) is 2. The van der Waals surface area contributed by atoms with E-state index >= 15 is 0 Å². The minimum Gasteiger partial charge on any atom is -0.493 e. The van der Waals surface area contributed by atoms with Gasteiger partial charge in [0.2, 0.25) is 10.0 Å². The van der Waals surface area contributed by atoms with Crippen LogP contribution in [0.15, 0.2) is 21.5 Å². The predicted octanol–water partition coefficient (Wildman–Crippen LogP) is 1.90. The summed E-state index contributed by atoms with van der Waals surface area (Å²) in [6, 6.07) is 2.90. The zero-order valence-electron chi connectivity index (χ0n) is 12.1. The maximum absolute atomic E-state index is 12.2. The molecule has 0 fully saturated rings. The quantitative estimate of drug-likeness (QED) is 0.725. The Morgan fingerprint density at radius 2 is 1.81 bits per heavy atom. The van der Waals surface area contributed by atoms with Gasteiger partial charge in [-0.25, -0.2) is 13.1 Å². The maximum Gasteiger partial charge on any atom is 0.241 e. The summed E-state index contributed by atoms with van der Waals surface area (Å²) in [6.07, 6.45) is 0.560. The Balaban J connectivity index is 0.00000400. The van der Waals surface area contributed by atoms with Crippen molar-refractivity contribution in [3.8, 4) is 11.5 Å². The first-order valence-corrected chi connectivity index (χ1v) is 8.26. The standard InChI is InChI=1S/C12H19BrN2O4S.ClH/c1-8(14)4-5-15-20(16,17)12-7-11(19-3)10(18-2)6-9(12)13;/h6-8,15H,4-5,14H2,1-3H3;1H. The number of hydrogen-bond acceptors (Lipinski definition) is 5. The van der Waals surface area contributed by atoms with Gasteiger partial charge in [0.15, 0.2) is 11.5 Å². The molecule has 21 heavy (non-hydrogen) atoms. The van der Waals surface area contributed by atoms with Gasteiger partial charge in [-0.1, -0.05) is 0 Å². The lowest BCUT2D eigenvalue weighted by molar-refractivity contribution is 0.353. The van der Waals surface area contributed by atoms with Gasteiger partial charge in [-0.05, 0) is 35.3 Å². The number of ether oxygens (including phenoxy) is 2. The molecule has 0 aliphatic carbocycles. The molecule has 6 nitrogen and oxygen atoms in total. The van der Waals surface area contributed by atoms with Crippen molar-refractivity contribution < 1.29 is 17.9 Å². The second-order valence-electron chi connectivity index (χ2n) is 4.30. The Labute approximate surface area is 140 Å². The topological polar surface area (TPSA) is 90.7 Å². The molecule has 0 saturated carbocycles. The van der Waals surface area contributed by atoms with E-state index in [2.05, 4.69) is 20.7 Å². The average molecular weight is 404 g/mol. The summed E-state index contributed by atoms with van der Waals surface area (Å²) in [5.41, 5.74) is 5.59. The molecule has 0 heterocycles. The summed E-state index contributed by atoms with van der Waals surface area (Å²) in [5, 5.41) is 0. The molecule has 1 atom stereocenters. The molecule has 0 spiro atoms. The van der Waals surface area contributed by atoms with Crippen molar-refractivity contribution in [3.05, 3.63) is 16.6 Å². The highest BCUT2D eigenvalue weighted by molar-refractivity contribution is 9.10. The summed E-state index contributed by atoms with van der Waals surface area (Å²) >= 11 is 3.23. The fraction of sp³-hybridized carbons (Fsp3) is 0.500. The third kappa shape index (κ3) is 5.63. The molecular weight excluding hydrogens is 384 g/mol. The fourth-order valence-corrected chi connectivity index (χ4v) is 3.62. The first-order chi connectivity index (χ1) is 9.31. The average Bonchev–Trinajstić information content (AvgIpc) is 2.37. The van der Waals surface area contributed by atoms with Crippen LogP contribution in [0.25, 0.3) is 0 Å². The number of halogens is 2.